The summed E-state index contributed by atoms with van der Waals surface area (Å²) in [7, 11) is 0. The number of nitrogens with one attached hydrogen (secondary N) is 1. The molecule has 138 valence electrons. The Morgan fingerprint density at radius 3 is 2.70 bits per heavy atom. The molecule has 0 aliphatic rings. The van der Waals surface area contributed by atoms with Crippen molar-refractivity contribution in [2.45, 2.75) is 12.8 Å². The second-order valence-electron chi connectivity index (χ2n) is 5.70. The number of aryl methyl sites for hydroxylation is 1. The molecule has 0 saturated carbocycles. The van der Waals surface area contributed by atoms with Crippen LogP contribution in [0.15, 0.2) is 61.2 Å². The van der Waals surface area contributed by atoms with E-state index in [0.29, 0.717) is 22.8 Å². The van der Waals surface area contributed by atoms with Gasteiger partial charge in [-0.2, -0.15) is 5.10 Å². The molecule has 1 N–H and O–H groups in total. The van der Waals surface area contributed by atoms with Gasteiger partial charge in [0, 0.05) is 11.4 Å². The zero-order valence-corrected chi connectivity index (χ0v) is 15.1. The Morgan fingerprint density at radius 1 is 1.15 bits per heavy atom. The molecule has 0 radical (unpaired) electrons. The summed E-state index contributed by atoms with van der Waals surface area (Å²) in [4.78, 5) is 27.9. The molecule has 1 aromatic heterocycles. The van der Waals surface area contributed by atoms with Crippen LogP contribution in [0.3, 0.4) is 0 Å². The van der Waals surface area contributed by atoms with E-state index in [-0.39, 0.29) is 13.0 Å². The molecule has 0 bridgehead atoms. The predicted molar refractivity (Wildman–Crippen MR) is 101 cm³/mol. The van der Waals surface area contributed by atoms with E-state index >= 15 is 0 Å². The molecule has 1 amide bonds. The monoisotopic (exact) mass is 384 g/mol. The second kappa shape index (κ2) is 8.95. The number of ether oxygens (including phenoxy) is 1. The number of nitrogens with zero attached hydrogens (tertiary/aromatic N) is 3. The minimum Gasteiger partial charge on any atom is -0.456 e. The minimum atomic E-state index is -0.466. The summed E-state index contributed by atoms with van der Waals surface area (Å²) in [6.07, 6.45) is 3.65. The van der Waals surface area contributed by atoms with Crippen LogP contribution in [0.2, 0.25) is 5.02 Å². The molecule has 7 nitrogen and oxygen atoms in total. The number of anilines is 1. The van der Waals surface area contributed by atoms with Crippen LogP contribution < -0.4 is 5.32 Å². The lowest BCUT2D eigenvalue weighted by molar-refractivity contribution is -0.147. The highest BCUT2D eigenvalue weighted by molar-refractivity contribution is 6.31. The first-order chi connectivity index (χ1) is 13.1. The molecule has 2 aromatic carbocycles. The lowest BCUT2D eigenvalue weighted by atomic mass is 10.1. The van der Waals surface area contributed by atoms with E-state index in [1.807, 2.05) is 30.3 Å². The largest absolute Gasteiger partial charge is 0.456 e. The van der Waals surface area contributed by atoms with Crippen molar-refractivity contribution >= 4 is 29.2 Å². The van der Waals surface area contributed by atoms with Crippen LogP contribution in [0.25, 0.3) is 5.69 Å². The molecular weight excluding hydrogens is 368 g/mol. The van der Waals surface area contributed by atoms with Crippen LogP contribution >= 0.6 is 11.6 Å². The summed E-state index contributed by atoms with van der Waals surface area (Å²) in [5.74, 6) is -0.900. The number of aromatic nitrogens is 3. The SMILES string of the molecule is O=C(COC(=O)CCc1ccccc1)Nc1cc(Cl)ccc1-n1cncn1. The highest BCUT2D eigenvalue weighted by atomic mass is 35.5. The van der Waals surface area contributed by atoms with E-state index in [9.17, 15) is 9.59 Å². The molecule has 0 aliphatic carbocycles. The first kappa shape index (κ1) is 18.6. The third kappa shape index (κ3) is 5.39. The molecule has 0 unspecified atom stereocenters. The van der Waals surface area contributed by atoms with Gasteiger partial charge in [0.2, 0.25) is 0 Å². The van der Waals surface area contributed by atoms with Crippen molar-refractivity contribution in [1.29, 1.82) is 0 Å². The van der Waals surface area contributed by atoms with Gasteiger partial charge in [-0.25, -0.2) is 9.67 Å². The Hall–Kier alpha value is -3.19. The summed E-state index contributed by atoms with van der Waals surface area (Å²) < 4.78 is 6.54. The van der Waals surface area contributed by atoms with Crippen LogP contribution in [0.1, 0.15) is 12.0 Å². The van der Waals surface area contributed by atoms with Crippen molar-refractivity contribution in [2.75, 3.05) is 11.9 Å². The molecule has 0 spiro atoms. The van der Waals surface area contributed by atoms with Crippen molar-refractivity contribution in [2.24, 2.45) is 0 Å². The standard InChI is InChI=1S/C19H17ClN4O3/c20-15-7-8-17(24-13-21-12-22-24)16(10-15)23-18(25)11-27-19(26)9-6-14-4-2-1-3-5-14/h1-5,7-8,10,12-13H,6,9,11H2,(H,23,25). The third-order valence-electron chi connectivity index (χ3n) is 3.72. The topological polar surface area (TPSA) is 86.1 Å². The molecule has 3 aromatic rings. The molecule has 0 atom stereocenters. The quantitative estimate of drug-likeness (QED) is 0.633. The van der Waals surface area contributed by atoms with Gasteiger partial charge in [0.05, 0.1) is 11.4 Å². The third-order valence-corrected chi connectivity index (χ3v) is 3.96. The Bertz CT molecular complexity index is 914. The molecule has 3 rings (SSSR count). The maximum absolute atomic E-state index is 12.1. The van der Waals surface area contributed by atoms with Gasteiger partial charge < -0.3 is 10.1 Å². The van der Waals surface area contributed by atoms with Crippen LogP contribution in [-0.2, 0) is 20.7 Å². The Morgan fingerprint density at radius 2 is 1.96 bits per heavy atom. The highest BCUT2D eigenvalue weighted by Gasteiger charge is 2.12. The Kier molecular flexibility index (Phi) is 6.17. The van der Waals surface area contributed by atoms with Crippen molar-refractivity contribution in [3.8, 4) is 5.69 Å². The van der Waals surface area contributed by atoms with Crippen LogP contribution in [-0.4, -0.2) is 33.2 Å². The van der Waals surface area contributed by atoms with Gasteiger partial charge >= 0.3 is 5.97 Å². The number of rotatable bonds is 7. The number of halogens is 1. The van der Waals surface area contributed by atoms with Crippen molar-refractivity contribution < 1.29 is 14.3 Å². The maximum Gasteiger partial charge on any atom is 0.306 e. The zero-order valence-electron chi connectivity index (χ0n) is 14.3. The molecule has 0 saturated heterocycles. The smallest absolute Gasteiger partial charge is 0.306 e. The van der Waals surface area contributed by atoms with Gasteiger partial charge in [0.1, 0.15) is 12.7 Å². The average Bonchev–Trinajstić information content (AvgIpc) is 3.20. The van der Waals surface area contributed by atoms with Crippen molar-refractivity contribution in [3.05, 3.63) is 71.8 Å². The van der Waals surface area contributed by atoms with E-state index in [2.05, 4.69) is 15.4 Å². The zero-order chi connectivity index (χ0) is 19.1. The number of benzene rings is 2. The van der Waals surface area contributed by atoms with Crippen molar-refractivity contribution in [3.63, 3.8) is 0 Å². The summed E-state index contributed by atoms with van der Waals surface area (Å²) >= 11 is 6.01. The van der Waals surface area contributed by atoms with Crippen LogP contribution in [0.4, 0.5) is 5.69 Å². The number of hydrogen-bond donors (Lipinski definition) is 1. The van der Waals surface area contributed by atoms with Crippen molar-refractivity contribution in [1.82, 2.24) is 14.8 Å². The molecule has 0 fully saturated rings. The minimum absolute atomic E-state index is 0.207. The molecular formula is C19H17ClN4O3. The maximum atomic E-state index is 12.1. The number of amides is 1. The number of carbonyl (C=O) groups is 2. The number of esters is 1. The van der Waals surface area contributed by atoms with E-state index in [0.717, 1.165) is 5.56 Å². The molecule has 1 heterocycles. The summed E-state index contributed by atoms with van der Waals surface area (Å²) in [6, 6.07) is 14.6. The fourth-order valence-electron chi connectivity index (χ4n) is 2.44. The average molecular weight is 385 g/mol. The van der Waals surface area contributed by atoms with E-state index in [1.54, 1.807) is 18.2 Å². The Labute approximate surface area is 160 Å². The fourth-order valence-corrected chi connectivity index (χ4v) is 2.61. The normalized spacial score (nSPS) is 10.4. The van der Waals surface area contributed by atoms with Gasteiger partial charge in [-0.3, -0.25) is 9.59 Å². The first-order valence-corrected chi connectivity index (χ1v) is 8.63. The summed E-state index contributed by atoms with van der Waals surface area (Å²) in [5, 5.41) is 7.17. The van der Waals surface area contributed by atoms with Gasteiger partial charge in [-0.15, -0.1) is 0 Å². The van der Waals surface area contributed by atoms with Gasteiger partial charge in [0.15, 0.2) is 6.61 Å². The number of hydrogen-bond acceptors (Lipinski definition) is 5. The van der Waals surface area contributed by atoms with E-state index < -0.39 is 11.9 Å². The van der Waals surface area contributed by atoms with Gasteiger partial charge in [-0.05, 0) is 30.2 Å². The fraction of sp³-hybridized carbons (Fsp3) is 0.158. The first-order valence-electron chi connectivity index (χ1n) is 8.26. The van der Waals surface area contributed by atoms with Crippen LogP contribution in [0, 0.1) is 0 Å². The molecule has 8 heteroatoms. The van der Waals surface area contributed by atoms with E-state index in [4.69, 9.17) is 16.3 Å². The Balaban J connectivity index is 1.54. The second-order valence-corrected chi connectivity index (χ2v) is 6.13. The van der Waals surface area contributed by atoms with E-state index in [1.165, 1.54) is 17.3 Å². The summed E-state index contributed by atoms with van der Waals surface area (Å²) in [5.41, 5.74) is 2.08. The van der Waals surface area contributed by atoms with Gasteiger partial charge in [-0.1, -0.05) is 41.9 Å². The van der Waals surface area contributed by atoms with Crippen LogP contribution in [0.5, 0.6) is 0 Å². The summed E-state index contributed by atoms with van der Waals surface area (Å²) in [6.45, 7) is -0.378. The number of carbonyl (C=O) groups excluding carboxylic acids is 2. The molecule has 27 heavy (non-hydrogen) atoms. The molecule has 0 aliphatic heterocycles. The van der Waals surface area contributed by atoms with Gasteiger partial charge in [0.25, 0.3) is 5.91 Å². The lowest BCUT2D eigenvalue weighted by Gasteiger charge is -2.11. The lowest BCUT2D eigenvalue weighted by Crippen LogP contribution is -2.22. The predicted octanol–water partition coefficient (Wildman–Crippen LogP) is 3.04. The highest BCUT2D eigenvalue weighted by Crippen LogP contribution is 2.23.